The van der Waals surface area contributed by atoms with Crippen LogP contribution in [0.3, 0.4) is 0 Å². The number of hydrogen-bond acceptors (Lipinski definition) is 3. The Bertz CT molecular complexity index is 369. The van der Waals surface area contributed by atoms with Crippen LogP contribution in [0.5, 0.6) is 0 Å². The van der Waals surface area contributed by atoms with Crippen LogP contribution in [0.2, 0.25) is 0 Å². The van der Waals surface area contributed by atoms with Gasteiger partial charge in [-0.05, 0) is 50.1 Å². The van der Waals surface area contributed by atoms with Gasteiger partial charge in [-0.15, -0.1) is 0 Å². The molecule has 112 valence electrons. The smallest absolute Gasteiger partial charge is 0.211 e. The summed E-state index contributed by atoms with van der Waals surface area (Å²) in [5.41, 5.74) is 0.177. The molecule has 19 heavy (non-hydrogen) atoms. The quantitative estimate of drug-likeness (QED) is 0.812. The Morgan fingerprint density at radius 2 is 1.95 bits per heavy atom. The zero-order valence-corrected chi connectivity index (χ0v) is 12.9. The summed E-state index contributed by atoms with van der Waals surface area (Å²) < 4.78 is 27.2. The Balaban J connectivity index is 1.79. The molecule has 4 nitrogen and oxygen atoms in total. The largest absolute Gasteiger partial charge is 0.316 e. The number of nitrogens with one attached hydrogen (secondary N) is 2. The second kappa shape index (κ2) is 6.55. The van der Waals surface area contributed by atoms with Gasteiger partial charge in [0.2, 0.25) is 10.0 Å². The normalized spacial score (nSPS) is 28.2. The maximum absolute atomic E-state index is 12.1. The summed E-state index contributed by atoms with van der Waals surface area (Å²) in [4.78, 5) is 0. The summed E-state index contributed by atoms with van der Waals surface area (Å²) in [6, 6.07) is 0. The summed E-state index contributed by atoms with van der Waals surface area (Å²) in [5.74, 6) is 0.571. The Kier molecular flexibility index (Phi) is 5.26. The zero-order chi connectivity index (χ0) is 13.8. The molecule has 0 radical (unpaired) electrons. The monoisotopic (exact) mass is 288 g/mol. The van der Waals surface area contributed by atoms with Crippen molar-refractivity contribution in [2.24, 2.45) is 11.3 Å². The molecular formula is C14H28N2O2S. The van der Waals surface area contributed by atoms with Crippen molar-refractivity contribution in [3.63, 3.8) is 0 Å². The highest BCUT2D eigenvalue weighted by Crippen LogP contribution is 2.35. The van der Waals surface area contributed by atoms with Crippen molar-refractivity contribution in [1.29, 1.82) is 0 Å². The molecule has 0 spiro atoms. The lowest BCUT2D eigenvalue weighted by Crippen LogP contribution is -2.41. The molecule has 1 aliphatic carbocycles. The molecule has 0 aromatic carbocycles. The van der Waals surface area contributed by atoms with Crippen molar-refractivity contribution in [1.82, 2.24) is 10.0 Å². The second-order valence-corrected chi connectivity index (χ2v) is 8.54. The first-order valence-electron chi connectivity index (χ1n) is 7.67. The van der Waals surface area contributed by atoms with Crippen LogP contribution in [0.15, 0.2) is 0 Å². The van der Waals surface area contributed by atoms with Gasteiger partial charge in [0.25, 0.3) is 0 Å². The van der Waals surface area contributed by atoms with E-state index in [-0.39, 0.29) is 17.1 Å². The van der Waals surface area contributed by atoms with Crippen molar-refractivity contribution in [3.8, 4) is 0 Å². The summed E-state index contributed by atoms with van der Waals surface area (Å²) >= 11 is 0. The molecule has 1 saturated heterocycles. The van der Waals surface area contributed by atoms with Crippen LogP contribution in [0.1, 0.15) is 51.9 Å². The molecule has 0 aromatic heterocycles. The molecule has 2 fully saturated rings. The molecule has 1 aliphatic heterocycles. The summed E-state index contributed by atoms with van der Waals surface area (Å²) in [6.07, 6.45) is 8.22. The molecule has 2 N–H and O–H groups in total. The Hall–Kier alpha value is -0.130. The van der Waals surface area contributed by atoms with E-state index in [0.29, 0.717) is 6.54 Å². The van der Waals surface area contributed by atoms with Crippen LogP contribution in [0.25, 0.3) is 0 Å². The van der Waals surface area contributed by atoms with E-state index in [1.165, 1.54) is 19.3 Å². The van der Waals surface area contributed by atoms with Crippen molar-refractivity contribution in [2.45, 2.75) is 51.9 Å². The van der Waals surface area contributed by atoms with Crippen molar-refractivity contribution >= 4 is 10.0 Å². The van der Waals surface area contributed by atoms with Gasteiger partial charge >= 0.3 is 0 Å². The van der Waals surface area contributed by atoms with E-state index in [1.54, 1.807) is 0 Å². The summed E-state index contributed by atoms with van der Waals surface area (Å²) in [7, 11) is -3.11. The SMILES string of the molecule is CC1(CNS(=O)(=O)CC2CCCNC2)CCCCC1. The lowest BCUT2D eigenvalue weighted by atomic mass is 9.76. The molecule has 5 heteroatoms. The summed E-state index contributed by atoms with van der Waals surface area (Å²) in [5, 5.41) is 3.28. The van der Waals surface area contributed by atoms with Crippen LogP contribution < -0.4 is 10.0 Å². The fourth-order valence-electron chi connectivity index (χ4n) is 3.30. The van der Waals surface area contributed by atoms with E-state index in [9.17, 15) is 8.42 Å². The van der Waals surface area contributed by atoms with Gasteiger partial charge in [-0.25, -0.2) is 13.1 Å². The second-order valence-electron chi connectivity index (χ2n) is 6.69. The van der Waals surface area contributed by atoms with Crippen LogP contribution in [0, 0.1) is 11.3 Å². The van der Waals surface area contributed by atoms with E-state index in [1.807, 2.05) is 0 Å². The molecule has 1 atom stereocenters. The highest BCUT2D eigenvalue weighted by atomic mass is 32.2. The van der Waals surface area contributed by atoms with E-state index in [0.717, 1.165) is 38.8 Å². The van der Waals surface area contributed by atoms with Crippen LogP contribution in [-0.2, 0) is 10.0 Å². The molecule has 1 saturated carbocycles. The molecule has 1 heterocycles. The topological polar surface area (TPSA) is 58.2 Å². The van der Waals surface area contributed by atoms with E-state index in [4.69, 9.17) is 0 Å². The van der Waals surface area contributed by atoms with Crippen molar-refractivity contribution in [2.75, 3.05) is 25.4 Å². The maximum Gasteiger partial charge on any atom is 0.211 e. The fraction of sp³-hybridized carbons (Fsp3) is 1.00. The molecule has 1 unspecified atom stereocenters. The van der Waals surface area contributed by atoms with Crippen molar-refractivity contribution < 1.29 is 8.42 Å². The minimum absolute atomic E-state index is 0.177. The lowest BCUT2D eigenvalue weighted by Gasteiger charge is -2.33. The van der Waals surface area contributed by atoms with E-state index < -0.39 is 10.0 Å². The van der Waals surface area contributed by atoms with Gasteiger partial charge in [0.1, 0.15) is 0 Å². The maximum atomic E-state index is 12.1. The number of hydrogen-bond donors (Lipinski definition) is 2. The summed E-state index contributed by atoms with van der Waals surface area (Å²) in [6.45, 7) is 4.71. The predicted molar refractivity (Wildman–Crippen MR) is 78.6 cm³/mol. The van der Waals surface area contributed by atoms with Gasteiger partial charge < -0.3 is 5.32 Å². The molecule has 0 bridgehead atoms. The van der Waals surface area contributed by atoms with Gasteiger partial charge in [0, 0.05) is 6.54 Å². The minimum atomic E-state index is -3.11. The average Bonchev–Trinajstić information content (AvgIpc) is 2.38. The van der Waals surface area contributed by atoms with Gasteiger partial charge in [-0.2, -0.15) is 0 Å². The minimum Gasteiger partial charge on any atom is -0.316 e. The number of piperidine rings is 1. The number of sulfonamides is 1. The van der Waals surface area contributed by atoms with Gasteiger partial charge in [-0.1, -0.05) is 26.2 Å². The first-order chi connectivity index (χ1) is 8.99. The fourth-order valence-corrected chi connectivity index (χ4v) is 4.89. The molecular weight excluding hydrogens is 260 g/mol. The van der Waals surface area contributed by atoms with Crippen LogP contribution in [-0.4, -0.2) is 33.8 Å². The van der Waals surface area contributed by atoms with E-state index >= 15 is 0 Å². The van der Waals surface area contributed by atoms with Crippen LogP contribution >= 0.6 is 0 Å². The molecule has 2 aliphatic rings. The molecule has 2 rings (SSSR count). The third-order valence-corrected chi connectivity index (χ3v) is 6.13. The molecule has 0 amide bonds. The first-order valence-corrected chi connectivity index (χ1v) is 9.32. The lowest BCUT2D eigenvalue weighted by molar-refractivity contribution is 0.219. The van der Waals surface area contributed by atoms with Gasteiger partial charge in [0.15, 0.2) is 0 Å². The highest BCUT2D eigenvalue weighted by Gasteiger charge is 2.29. The van der Waals surface area contributed by atoms with Crippen molar-refractivity contribution in [3.05, 3.63) is 0 Å². The Labute approximate surface area is 117 Å². The average molecular weight is 288 g/mol. The standard InChI is InChI=1S/C14H28N2O2S/c1-14(7-3-2-4-8-14)12-16-19(17,18)11-13-6-5-9-15-10-13/h13,15-16H,2-12H2,1H3. The highest BCUT2D eigenvalue weighted by molar-refractivity contribution is 7.89. The third kappa shape index (κ3) is 5.04. The first kappa shape index (κ1) is 15.3. The van der Waals surface area contributed by atoms with Gasteiger partial charge in [-0.3, -0.25) is 0 Å². The Morgan fingerprint density at radius 3 is 2.58 bits per heavy atom. The van der Waals surface area contributed by atoms with Crippen LogP contribution in [0.4, 0.5) is 0 Å². The van der Waals surface area contributed by atoms with E-state index in [2.05, 4.69) is 17.0 Å². The Morgan fingerprint density at radius 1 is 1.21 bits per heavy atom. The number of rotatable bonds is 5. The molecule has 0 aromatic rings. The zero-order valence-electron chi connectivity index (χ0n) is 12.1. The van der Waals surface area contributed by atoms with Gasteiger partial charge in [0.05, 0.1) is 5.75 Å². The predicted octanol–water partition coefficient (Wildman–Crippen LogP) is 1.88. The third-order valence-electron chi connectivity index (χ3n) is 4.63.